The highest BCUT2D eigenvalue weighted by Crippen LogP contribution is 2.32. The van der Waals surface area contributed by atoms with Crippen molar-refractivity contribution in [3.05, 3.63) is 99.2 Å². The molecule has 0 saturated carbocycles. The quantitative estimate of drug-likeness (QED) is 0.240. The number of aromatic nitrogens is 1. The van der Waals surface area contributed by atoms with Gasteiger partial charge in [-0.2, -0.15) is 5.10 Å². The van der Waals surface area contributed by atoms with Crippen LogP contribution in [0.1, 0.15) is 33.3 Å². The number of phenols is 1. The molecule has 4 rings (SSSR count). The number of halogens is 2. The van der Waals surface area contributed by atoms with Crippen LogP contribution in [0.4, 0.5) is 0 Å². The van der Waals surface area contributed by atoms with Crippen LogP contribution in [0.3, 0.4) is 0 Å². The van der Waals surface area contributed by atoms with Crippen LogP contribution in [0.2, 0.25) is 10.0 Å². The molecule has 2 aromatic heterocycles. The minimum absolute atomic E-state index is 0.0838. The van der Waals surface area contributed by atoms with E-state index in [2.05, 4.69) is 41.1 Å². The summed E-state index contributed by atoms with van der Waals surface area (Å²) >= 11 is 11.7. The number of carbonyl (C=O) groups excluding carboxylic acids is 1. The van der Waals surface area contributed by atoms with Gasteiger partial charge >= 0.3 is 5.91 Å². The van der Waals surface area contributed by atoms with Crippen molar-refractivity contribution >= 4 is 35.3 Å². The number of hydrogen-bond acceptors (Lipinski definition) is 5. The van der Waals surface area contributed by atoms with E-state index in [4.69, 9.17) is 32.4 Å². The monoisotopic (exact) mass is 497 g/mol. The molecule has 2 heterocycles. The van der Waals surface area contributed by atoms with Gasteiger partial charge < -0.3 is 18.8 Å². The molecule has 0 saturated heterocycles. The third kappa shape index (κ3) is 5.27. The summed E-state index contributed by atoms with van der Waals surface area (Å²) in [6, 6.07) is 18.1. The number of nitrogens with zero attached hydrogens (tertiary/aromatic N) is 2. The Kier molecular flexibility index (Phi) is 6.95. The number of hydrogen-bond donors (Lipinski definition) is 2. The van der Waals surface area contributed by atoms with Crippen LogP contribution in [0, 0.1) is 13.8 Å². The van der Waals surface area contributed by atoms with Crippen molar-refractivity contribution in [2.75, 3.05) is 0 Å². The van der Waals surface area contributed by atoms with Crippen molar-refractivity contribution in [2.24, 2.45) is 5.10 Å². The highest BCUT2D eigenvalue weighted by atomic mass is 35.5. The van der Waals surface area contributed by atoms with Gasteiger partial charge in [0.15, 0.2) is 11.5 Å². The Morgan fingerprint density at radius 2 is 1.71 bits per heavy atom. The maximum absolute atomic E-state index is 12.3. The van der Waals surface area contributed by atoms with Crippen LogP contribution >= 0.6 is 23.2 Å². The first kappa shape index (κ1) is 23.5. The molecule has 1 amide bonds. The van der Waals surface area contributed by atoms with Crippen molar-refractivity contribution in [3.8, 4) is 17.2 Å². The maximum Gasteiger partial charge on any atom is 0.307 e. The van der Waals surface area contributed by atoms with E-state index < -0.39 is 5.91 Å². The van der Waals surface area contributed by atoms with Gasteiger partial charge in [-0.1, -0.05) is 23.2 Å². The number of amides is 1. The van der Waals surface area contributed by atoms with E-state index in [0.717, 1.165) is 17.1 Å². The largest absolute Gasteiger partial charge is 0.505 e. The fourth-order valence-corrected chi connectivity index (χ4v) is 3.88. The SMILES string of the molecule is Cc1ccc(C)n1-c1ccc(OCc2ccc(C(=O)N/N=C/c3cc(Cl)c(O)c(Cl)c3)o2)cc1. The Balaban J connectivity index is 1.32. The van der Waals surface area contributed by atoms with Gasteiger partial charge in [0.2, 0.25) is 0 Å². The van der Waals surface area contributed by atoms with E-state index >= 15 is 0 Å². The Hall–Kier alpha value is -3.68. The summed E-state index contributed by atoms with van der Waals surface area (Å²) in [5, 5.41) is 13.6. The summed E-state index contributed by atoms with van der Waals surface area (Å²) < 4.78 is 13.5. The van der Waals surface area contributed by atoms with Gasteiger partial charge in [0.05, 0.1) is 16.3 Å². The van der Waals surface area contributed by atoms with E-state index in [1.165, 1.54) is 18.3 Å². The summed E-state index contributed by atoms with van der Waals surface area (Å²) in [6.45, 7) is 4.29. The topological polar surface area (TPSA) is 89.0 Å². The average molecular weight is 498 g/mol. The third-order valence-corrected chi connectivity index (χ3v) is 5.63. The number of furan rings is 1. The number of benzene rings is 2. The maximum atomic E-state index is 12.3. The fourth-order valence-electron chi connectivity index (χ4n) is 3.38. The molecule has 7 nitrogen and oxygen atoms in total. The molecule has 0 spiro atoms. The zero-order valence-corrected chi connectivity index (χ0v) is 19.9. The lowest BCUT2D eigenvalue weighted by atomic mass is 10.2. The molecule has 174 valence electrons. The van der Waals surface area contributed by atoms with Crippen LogP contribution in [0.25, 0.3) is 5.69 Å². The molecule has 34 heavy (non-hydrogen) atoms. The number of phenolic OH excluding ortho intramolecular Hbond substituents is 1. The summed E-state index contributed by atoms with van der Waals surface area (Å²) in [5.41, 5.74) is 6.25. The molecule has 0 bridgehead atoms. The third-order valence-electron chi connectivity index (χ3n) is 5.05. The molecule has 2 N–H and O–H groups in total. The molecule has 0 unspecified atom stereocenters. The highest BCUT2D eigenvalue weighted by molar-refractivity contribution is 6.37. The second-order valence-corrected chi connectivity index (χ2v) is 8.35. The predicted octanol–water partition coefficient (Wildman–Crippen LogP) is 6.04. The second-order valence-electron chi connectivity index (χ2n) is 7.53. The normalized spacial score (nSPS) is 11.2. The van der Waals surface area contributed by atoms with Crippen molar-refractivity contribution in [3.63, 3.8) is 0 Å². The van der Waals surface area contributed by atoms with Gasteiger partial charge in [-0.05, 0) is 80.1 Å². The number of rotatable bonds is 7. The second kappa shape index (κ2) is 10.1. The van der Waals surface area contributed by atoms with Crippen molar-refractivity contribution in [1.29, 1.82) is 0 Å². The van der Waals surface area contributed by atoms with Gasteiger partial charge in [-0.25, -0.2) is 5.43 Å². The smallest absolute Gasteiger partial charge is 0.307 e. The van der Waals surface area contributed by atoms with Crippen LogP contribution in [0.15, 0.2) is 70.2 Å². The van der Waals surface area contributed by atoms with Gasteiger partial charge in [-0.15, -0.1) is 0 Å². The molecule has 0 aliphatic rings. The van der Waals surface area contributed by atoms with E-state index in [-0.39, 0.29) is 28.2 Å². The Morgan fingerprint density at radius 3 is 2.35 bits per heavy atom. The van der Waals surface area contributed by atoms with E-state index in [0.29, 0.717) is 17.1 Å². The van der Waals surface area contributed by atoms with Crippen LogP contribution in [-0.4, -0.2) is 21.8 Å². The molecular formula is C25H21Cl2N3O4. The van der Waals surface area contributed by atoms with Gasteiger partial charge in [-0.3, -0.25) is 4.79 Å². The molecule has 0 aliphatic carbocycles. The van der Waals surface area contributed by atoms with Crippen molar-refractivity contribution in [2.45, 2.75) is 20.5 Å². The molecule has 2 aromatic carbocycles. The van der Waals surface area contributed by atoms with E-state index in [1.54, 1.807) is 12.1 Å². The van der Waals surface area contributed by atoms with Crippen LogP contribution < -0.4 is 10.2 Å². The lowest BCUT2D eigenvalue weighted by Gasteiger charge is -2.10. The first-order chi connectivity index (χ1) is 16.3. The Bertz CT molecular complexity index is 1310. The average Bonchev–Trinajstić information content (AvgIpc) is 3.43. The highest BCUT2D eigenvalue weighted by Gasteiger charge is 2.12. The van der Waals surface area contributed by atoms with Crippen LogP contribution in [0.5, 0.6) is 11.5 Å². The summed E-state index contributed by atoms with van der Waals surface area (Å²) in [5.74, 6) is 0.528. The molecule has 9 heteroatoms. The lowest BCUT2D eigenvalue weighted by Crippen LogP contribution is -2.16. The first-order valence-corrected chi connectivity index (χ1v) is 11.1. The minimum atomic E-state index is -0.528. The molecule has 0 fully saturated rings. The van der Waals surface area contributed by atoms with E-state index in [9.17, 15) is 9.90 Å². The zero-order valence-electron chi connectivity index (χ0n) is 18.4. The van der Waals surface area contributed by atoms with Gasteiger partial charge in [0.1, 0.15) is 18.1 Å². The van der Waals surface area contributed by atoms with Gasteiger partial charge in [0, 0.05) is 17.1 Å². The number of aromatic hydroxyl groups is 1. The first-order valence-electron chi connectivity index (χ1n) is 10.3. The van der Waals surface area contributed by atoms with Crippen molar-refractivity contribution in [1.82, 2.24) is 9.99 Å². The lowest BCUT2D eigenvalue weighted by molar-refractivity contribution is 0.0923. The number of aryl methyl sites for hydroxylation is 2. The summed E-state index contributed by atoms with van der Waals surface area (Å²) in [4.78, 5) is 12.3. The van der Waals surface area contributed by atoms with Crippen molar-refractivity contribution < 1.29 is 19.1 Å². The molecule has 4 aromatic rings. The van der Waals surface area contributed by atoms with E-state index in [1.807, 2.05) is 24.3 Å². The Morgan fingerprint density at radius 1 is 1.06 bits per heavy atom. The molecular weight excluding hydrogens is 477 g/mol. The molecule has 0 aliphatic heterocycles. The summed E-state index contributed by atoms with van der Waals surface area (Å²) in [7, 11) is 0. The molecule has 0 atom stereocenters. The number of carbonyl (C=O) groups is 1. The number of nitrogens with one attached hydrogen (secondary N) is 1. The summed E-state index contributed by atoms with van der Waals surface area (Å²) in [6.07, 6.45) is 1.35. The standard InChI is InChI=1S/C25H21Cl2N3O4/c1-15-3-4-16(2)30(15)18-5-7-19(8-6-18)33-14-20-9-10-23(34-20)25(32)29-28-13-17-11-21(26)24(31)22(27)12-17/h3-13,31H,14H2,1-2H3,(H,29,32)/b28-13+. The minimum Gasteiger partial charge on any atom is -0.505 e. The fraction of sp³-hybridized carbons (Fsp3) is 0.120. The van der Waals surface area contributed by atoms with Crippen LogP contribution in [-0.2, 0) is 6.61 Å². The number of ether oxygens (including phenoxy) is 1. The Labute approximate surface area is 206 Å². The zero-order chi connectivity index (χ0) is 24.2. The predicted molar refractivity (Wildman–Crippen MR) is 131 cm³/mol. The molecule has 0 radical (unpaired) electrons. The number of hydrazone groups is 1. The van der Waals surface area contributed by atoms with Gasteiger partial charge in [0.25, 0.3) is 0 Å².